The summed E-state index contributed by atoms with van der Waals surface area (Å²) in [5.74, 6) is -0.140. The van der Waals surface area contributed by atoms with Crippen molar-refractivity contribution in [3.05, 3.63) is 76.4 Å². The number of alkyl halides is 3. The number of aromatic nitrogens is 1. The summed E-state index contributed by atoms with van der Waals surface area (Å²) in [5, 5.41) is 13.7. The van der Waals surface area contributed by atoms with Gasteiger partial charge in [-0.05, 0) is 74.7 Å². The molecule has 0 saturated heterocycles. The highest BCUT2D eigenvalue weighted by atomic mass is 35.5. The number of halogens is 4. The van der Waals surface area contributed by atoms with Gasteiger partial charge < -0.3 is 25.6 Å². The summed E-state index contributed by atoms with van der Waals surface area (Å²) in [7, 11) is 1.40. The van der Waals surface area contributed by atoms with Gasteiger partial charge in [0.1, 0.15) is 0 Å². The molecule has 3 aromatic rings. The monoisotopic (exact) mass is 563 g/mol. The number of carbonyl (C=O) groups is 1. The number of methoxy groups -OCH3 is 1. The van der Waals surface area contributed by atoms with Crippen LogP contribution in [0.5, 0.6) is 11.5 Å². The first-order valence-corrected chi connectivity index (χ1v) is 12.6. The number of nitrogens with one attached hydrogen (secondary N) is 1. The molecule has 0 spiro atoms. The maximum atomic E-state index is 14.4. The molecule has 39 heavy (non-hydrogen) atoms. The van der Waals surface area contributed by atoms with Crippen molar-refractivity contribution in [1.82, 2.24) is 10.3 Å². The standard InChI is InChI=1S/C28H29ClF3N3O4/c1-26(2,33)18-13-21(16-4-7-19(29)8-5-16)35-24(14-18)27(37,28(30,31)32)15-34-25(36)17-6-11-22(23(12-17)38-3)39-20-9-10-20/h4-8,11-14,20,37H,9-10,15,33H2,1-3H3,(H,34,36). The fourth-order valence-electron chi connectivity index (χ4n) is 3.80. The molecule has 0 bridgehead atoms. The summed E-state index contributed by atoms with van der Waals surface area (Å²) in [6.45, 7) is 2.05. The van der Waals surface area contributed by atoms with E-state index in [1.165, 1.54) is 25.3 Å². The van der Waals surface area contributed by atoms with E-state index in [1.54, 1.807) is 44.2 Å². The molecule has 1 amide bonds. The predicted molar refractivity (Wildman–Crippen MR) is 141 cm³/mol. The molecule has 1 aromatic heterocycles. The van der Waals surface area contributed by atoms with Crippen molar-refractivity contribution in [3.8, 4) is 22.8 Å². The van der Waals surface area contributed by atoms with Crippen molar-refractivity contribution < 1.29 is 32.5 Å². The number of rotatable bonds is 9. The summed E-state index contributed by atoms with van der Waals surface area (Å²) < 4.78 is 54.3. The first kappa shape index (κ1) is 28.7. The van der Waals surface area contributed by atoms with E-state index >= 15 is 0 Å². The zero-order chi connectivity index (χ0) is 28.6. The van der Waals surface area contributed by atoms with Crippen LogP contribution >= 0.6 is 11.6 Å². The largest absolute Gasteiger partial charge is 0.493 e. The minimum absolute atomic E-state index is 0.0335. The Labute approximate surface area is 229 Å². The van der Waals surface area contributed by atoms with Gasteiger partial charge in [-0.25, -0.2) is 4.98 Å². The van der Waals surface area contributed by atoms with E-state index in [0.717, 1.165) is 18.9 Å². The molecular formula is C28H29ClF3N3O4. The number of carbonyl (C=O) groups excluding carboxylic acids is 1. The number of hydrogen-bond acceptors (Lipinski definition) is 6. The van der Waals surface area contributed by atoms with Crippen LogP contribution in [-0.2, 0) is 11.1 Å². The van der Waals surface area contributed by atoms with Crippen molar-refractivity contribution in [2.75, 3.05) is 13.7 Å². The molecule has 0 radical (unpaired) electrons. The predicted octanol–water partition coefficient (Wildman–Crippen LogP) is 5.33. The van der Waals surface area contributed by atoms with Gasteiger partial charge in [0.2, 0.25) is 5.60 Å². The van der Waals surface area contributed by atoms with Crippen molar-refractivity contribution in [2.24, 2.45) is 5.73 Å². The Morgan fingerprint density at radius 3 is 2.33 bits per heavy atom. The zero-order valence-corrected chi connectivity index (χ0v) is 22.4. The second-order valence-electron chi connectivity index (χ2n) is 10.1. The Bertz CT molecular complexity index is 1360. The lowest BCUT2D eigenvalue weighted by atomic mass is 9.89. The number of ether oxygens (including phenoxy) is 2. The summed E-state index contributed by atoms with van der Waals surface area (Å²) in [6, 6.07) is 13.3. The Morgan fingerprint density at radius 1 is 1.10 bits per heavy atom. The van der Waals surface area contributed by atoms with Gasteiger partial charge in [0, 0.05) is 21.7 Å². The molecule has 1 unspecified atom stereocenters. The van der Waals surface area contributed by atoms with E-state index < -0.39 is 35.5 Å². The molecular weight excluding hydrogens is 535 g/mol. The van der Waals surface area contributed by atoms with Gasteiger partial charge >= 0.3 is 6.18 Å². The number of pyridine rings is 1. The van der Waals surface area contributed by atoms with Crippen LogP contribution in [-0.4, -0.2) is 41.9 Å². The van der Waals surface area contributed by atoms with E-state index in [2.05, 4.69) is 10.3 Å². The maximum Gasteiger partial charge on any atom is 0.424 e. The smallest absolute Gasteiger partial charge is 0.424 e. The third-order valence-electron chi connectivity index (χ3n) is 6.35. The van der Waals surface area contributed by atoms with E-state index in [-0.39, 0.29) is 23.1 Å². The molecule has 7 nitrogen and oxygen atoms in total. The molecule has 1 fully saturated rings. The highest BCUT2D eigenvalue weighted by molar-refractivity contribution is 6.30. The van der Waals surface area contributed by atoms with Crippen molar-refractivity contribution in [3.63, 3.8) is 0 Å². The van der Waals surface area contributed by atoms with Gasteiger partial charge in [-0.3, -0.25) is 4.79 Å². The quantitative estimate of drug-likeness (QED) is 0.325. The lowest BCUT2D eigenvalue weighted by molar-refractivity contribution is -0.265. The van der Waals surface area contributed by atoms with Crippen molar-refractivity contribution in [2.45, 2.75) is 50.1 Å². The van der Waals surface area contributed by atoms with Gasteiger partial charge in [-0.2, -0.15) is 13.2 Å². The lowest BCUT2D eigenvalue weighted by Gasteiger charge is -2.32. The van der Waals surface area contributed by atoms with Crippen LogP contribution < -0.4 is 20.5 Å². The molecule has 208 valence electrons. The van der Waals surface area contributed by atoms with Gasteiger partial charge in [-0.1, -0.05) is 23.7 Å². The minimum Gasteiger partial charge on any atom is -0.493 e. The van der Waals surface area contributed by atoms with Crippen LogP contribution in [0.2, 0.25) is 5.02 Å². The molecule has 4 N–H and O–H groups in total. The van der Waals surface area contributed by atoms with Gasteiger partial charge in [0.25, 0.3) is 5.91 Å². The second kappa shape index (κ2) is 10.7. The van der Waals surface area contributed by atoms with E-state index in [0.29, 0.717) is 21.9 Å². The Hall–Kier alpha value is -3.34. The number of amides is 1. The molecule has 0 aliphatic heterocycles. The molecule has 1 aliphatic carbocycles. The van der Waals surface area contributed by atoms with E-state index in [9.17, 15) is 23.1 Å². The van der Waals surface area contributed by atoms with Crippen LogP contribution in [0, 0.1) is 0 Å². The SMILES string of the molecule is COc1cc(C(=O)NCC(O)(c2cc(C(C)(C)N)cc(-c3ccc(Cl)cc3)n2)C(F)(F)F)ccc1OC1CC1. The van der Waals surface area contributed by atoms with Crippen molar-refractivity contribution in [1.29, 1.82) is 0 Å². The summed E-state index contributed by atoms with van der Waals surface area (Å²) in [6.07, 6.45) is -3.28. The van der Waals surface area contributed by atoms with E-state index in [1.807, 2.05) is 0 Å². The van der Waals surface area contributed by atoms with Gasteiger partial charge in [0.15, 0.2) is 11.5 Å². The summed E-state index contributed by atoms with van der Waals surface area (Å²) in [5.41, 5.74) is 1.90. The molecule has 1 saturated carbocycles. The Morgan fingerprint density at radius 2 is 1.77 bits per heavy atom. The zero-order valence-electron chi connectivity index (χ0n) is 21.6. The molecule has 4 rings (SSSR count). The Kier molecular flexibility index (Phi) is 7.84. The maximum absolute atomic E-state index is 14.4. The molecule has 1 aliphatic rings. The van der Waals surface area contributed by atoms with Gasteiger partial charge in [0.05, 0.1) is 31.1 Å². The average molecular weight is 564 g/mol. The highest BCUT2D eigenvalue weighted by Gasteiger charge is 2.56. The third-order valence-corrected chi connectivity index (χ3v) is 6.60. The van der Waals surface area contributed by atoms with Crippen LogP contribution in [0.4, 0.5) is 13.2 Å². The van der Waals surface area contributed by atoms with E-state index in [4.69, 9.17) is 26.8 Å². The number of benzene rings is 2. The molecule has 1 heterocycles. The number of nitrogens with zero attached hydrogens (tertiary/aromatic N) is 1. The fraction of sp³-hybridized carbons (Fsp3) is 0.357. The summed E-state index contributed by atoms with van der Waals surface area (Å²) in [4.78, 5) is 17.0. The Balaban J connectivity index is 1.67. The summed E-state index contributed by atoms with van der Waals surface area (Å²) >= 11 is 5.96. The third kappa shape index (κ3) is 6.46. The molecule has 1 atom stereocenters. The average Bonchev–Trinajstić information content (AvgIpc) is 3.70. The second-order valence-corrected chi connectivity index (χ2v) is 10.5. The number of aliphatic hydroxyl groups is 1. The minimum atomic E-state index is -5.19. The van der Waals surface area contributed by atoms with Gasteiger partial charge in [-0.15, -0.1) is 0 Å². The van der Waals surface area contributed by atoms with Crippen LogP contribution in [0.1, 0.15) is 48.3 Å². The topological polar surface area (TPSA) is 107 Å². The highest BCUT2D eigenvalue weighted by Crippen LogP contribution is 2.40. The first-order valence-electron chi connectivity index (χ1n) is 12.2. The van der Waals surface area contributed by atoms with Crippen molar-refractivity contribution >= 4 is 17.5 Å². The number of hydrogen-bond donors (Lipinski definition) is 3. The first-order chi connectivity index (χ1) is 18.2. The molecule has 2 aromatic carbocycles. The number of nitrogens with two attached hydrogens (primary N) is 1. The lowest BCUT2D eigenvalue weighted by Crippen LogP contribution is -2.51. The fourth-order valence-corrected chi connectivity index (χ4v) is 3.93. The van der Waals surface area contributed by atoms with Crippen LogP contribution in [0.15, 0.2) is 54.6 Å². The normalized spacial score (nSPS) is 15.4. The van der Waals surface area contributed by atoms with Crippen LogP contribution in [0.25, 0.3) is 11.3 Å². The molecule has 11 heteroatoms. The van der Waals surface area contributed by atoms with Crippen LogP contribution in [0.3, 0.4) is 0 Å².